The first kappa shape index (κ1) is 19.6. The summed E-state index contributed by atoms with van der Waals surface area (Å²) in [6.45, 7) is 1.84. The smallest absolute Gasteiger partial charge is 0.238 e. The molecule has 144 valence electrons. The van der Waals surface area contributed by atoms with Crippen molar-refractivity contribution in [1.29, 1.82) is 0 Å². The molecule has 0 spiro atoms. The monoisotopic (exact) mass is 396 g/mol. The summed E-state index contributed by atoms with van der Waals surface area (Å²) in [5, 5.41) is 13.5. The van der Waals surface area contributed by atoms with Gasteiger partial charge in [0, 0.05) is 12.1 Å². The van der Waals surface area contributed by atoms with E-state index >= 15 is 0 Å². The van der Waals surface area contributed by atoms with Crippen LogP contribution in [0.4, 0.5) is 5.69 Å². The molecule has 0 unspecified atom stereocenters. The zero-order chi connectivity index (χ0) is 19.9. The molecule has 2 N–H and O–H groups in total. The van der Waals surface area contributed by atoms with Crippen molar-refractivity contribution >= 4 is 40.1 Å². The van der Waals surface area contributed by atoms with Crippen molar-refractivity contribution in [2.45, 2.75) is 18.6 Å². The second-order valence-electron chi connectivity index (χ2n) is 6.03. The number of anilines is 1. The molecule has 0 saturated carbocycles. The van der Waals surface area contributed by atoms with E-state index in [1.54, 1.807) is 31.4 Å². The van der Waals surface area contributed by atoms with Gasteiger partial charge in [-0.1, -0.05) is 42.1 Å². The van der Waals surface area contributed by atoms with Crippen molar-refractivity contribution in [1.82, 2.24) is 5.32 Å². The summed E-state index contributed by atoms with van der Waals surface area (Å²) < 4.78 is 5.10. The Kier molecular flexibility index (Phi) is 6.44. The lowest BCUT2D eigenvalue weighted by Crippen LogP contribution is -2.41. The maximum Gasteiger partial charge on any atom is 0.238 e. The summed E-state index contributed by atoms with van der Waals surface area (Å²) in [4.78, 5) is 24.5. The number of hydrogen-bond acceptors (Lipinski definition) is 6. The second-order valence-corrected chi connectivity index (χ2v) is 7.22. The minimum Gasteiger partial charge on any atom is -0.497 e. The number of nitrogens with zero attached hydrogens (tertiary/aromatic N) is 2. The van der Waals surface area contributed by atoms with Crippen LogP contribution in [0, 0.1) is 0 Å². The number of amides is 2. The summed E-state index contributed by atoms with van der Waals surface area (Å²) in [6, 6.07) is 16.6. The highest BCUT2D eigenvalue weighted by atomic mass is 32.2. The highest BCUT2D eigenvalue weighted by Crippen LogP contribution is 2.23. The Balaban J connectivity index is 1.67. The molecule has 1 heterocycles. The second kappa shape index (κ2) is 9.18. The molecule has 1 fully saturated rings. The number of rotatable bonds is 5. The molecule has 28 heavy (non-hydrogen) atoms. The molecule has 0 aromatic heterocycles. The summed E-state index contributed by atoms with van der Waals surface area (Å²) in [5.74, 6) is 0.173. The average Bonchev–Trinajstić information content (AvgIpc) is 2.72. The van der Waals surface area contributed by atoms with E-state index in [1.807, 2.05) is 37.3 Å². The number of hydrogen-bond donors (Lipinski definition) is 2. The lowest BCUT2D eigenvalue weighted by atomic mass is 10.1. The van der Waals surface area contributed by atoms with E-state index in [0.717, 1.165) is 5.56 Å². The third-order valence-electron chi connectivity index (χ3n) is 4.00. The van der Waals surface area contributed by atoms with Gasteiger partial charge in [0.1, 0.15) is 11.0 Å². The van der Waals surface area contributed by atoms with E-state index in [2.05, 4.69) is 20.8 Å². The Labute approximate surface area is 167 Å². The van der Waals surface area contributed by atoms with Crippen molar-refractivity contribution in [2.24, 2.45) is 10.2 Å². The molecule has 7 nitrogen and oxygen atoms in total. The Hall–Kier alpha value is -3.13. The summed E-state index contributed by atoms with van der Waals surface area (Å²) in [5.41, 5.74) is 2.29. The molecule has 3 rings (SSSR count). The topological polar surface area (TPSA) is 92.1 Å². The number of carbonyl (C=O) groups excluding carboxylic acids is 2. The predicted molar refractivity (Wildman–Crippen MR) is 112 cm³/mol. The van der Waals surface area contributed by atoms with Crippen LogP contribution in [-0.2, 0) is 9.59 Å². The first-order valence-electron chi connectivity index (χ1n) is 8.64. The maximum absolute atomic E-state index is 12.5. The van der Waals surface area contributed by atoms with Crippen LogP contribution in [0.1, 0.15) is 18.9 Å². The molecule has 1 saturated heterocycles. The van der Waals surface area contributed by atoms with Crippen LogP contribution in [0.5, 0.6) is 5.75 Å². The van der Waals surface area contributed by atoms with Gasteiger partial charge in [0.05, 0.1) is 12.8 Å². The Bertz CT molecular complexity index is 911. The first-order valence-corrected chi connectivity index (χ1v) is 9.52. The lowest BCUT2D eigenvalue weighted by molar-refractivity contribution is -0.123. The maximum atomic E-state index is 12.5. The molecule has 1 atom stereocenters. The van der Waals surface area contributed by atoms with Crippen LogP contribution in [0.2, 0.25) is 0 Å². The molecular weight excluding hydrogens is 376 g/mol. The molecule has 0 bridgehead atoms. The van der Waals surface area contributed by atoms with E-state index in [4.69, 9.17) is 4.74 Å². The molecule has 2 aromatic rings. The number of amidine groups is 1. The van der Waals surface area contributed by atoms with Crippen molar-refractivity contribution in [3.63, 3.8) is 0 Å². The fourth-order valence-electron chi connectivity index (χ4n) is 2.49. The van der Waals surface area contributed by atoms with E-state index in [-0.39, 0.29) is 18.2 Å². The third kappa shape index (κ3) is 5.20. The normalized spacial score (nSPS) is 18.5. The lowest BCUT2D eigenvalue weighted by Gasteiger charge is -2.21. The van der Waals surface area contributed by atoms with E-state index in [9.17, 15) is 9.59 Å². The number of thioether (sulfide) groups is 1. The zero-order valence-electron chi connectivity index (χ0n) is 15.5. The number of methoxy groups -OCH3 is 1. The fraction of sp³-hybridized carbons (Fsp3) is 0.200. The van der Waals surface area contributed by atoms with Gasteiger partial charge in [0.25, 0.3) is 0 Å². The van der Waals surface area contributed by atoms with Crippen LogP contribution in [0.25, 0.3) is 0 Å². The molecular formula is C20H20N4O3S. The van der Waals surface area contributed by atoms with E-state index < -0.39 is 5.25 Å². The van der Waals surface area contributed by atoms with Gasteiger partial charge in [-0.25, -0.2) is 0 Å². The minimum absolute atomic E-state index is 0.0764. The average molecular weight is 396 g/mol. The van der Waals surface area contributed by atoms with Crippen LogP contribution in [0.3, 0.4) is 0 Å². The van der Waals surface area contributed by atoms with Gasteiger partial charge in [0.2, 0.25) is 11.8 Å². The molecule has 1 aliphatic rings. The van der Waals surface area contributed by atoms with Gasteiger partial charge >= 0.3 is 0 Å². The molecule has 0 aliphatic carbocycles. The SMILES string of the molecule is COc1ccc(NC(=O)[C@@H]2CC(=O)N/C(=N\N=C(/C)c3ccccc3)S2)cc1. The highest BCUT2D eigenvalue weighted by Gasteiger charge is 2.30. The number of nitrogens with one attached hydrogen (secondary N) is 2. The fourth-order valence-corrected chi connectivity index (χ4v) is 3.42. The molecule has 2 amide bonds. The summed E-state index contributed by atoms with van der Waals surface area (Å²) >= 11 is 1.18. The van der Waals surface area contributed by atoms with Gasteiger partial charge in [-0.05, 0) is 36.8 Å². The van der Waals surface area contributed by atoms with Crippen LogP contribution in [-0.4, -0.2) is 35.1 Å². The number of benzene rings is 2. The molecule has 8 heteroatoms. The molecule has 1 aliphatic heterocycles. The third-order valence-corrected chi connectivity index (χ3v) is 5.08. The Morgan fingerprint density at radius 2 is 1.89 bits per heavy atom. The largest absolute Gasteiger partial charge is 0.497 e. The number of ether oxygens (including phenoxy) is 1. The highest BCUT2D eigenvalue weighted by molar-refractivity contribution is 8.15. The predicted octanol–water partition coefficient (Wildman–Crippen LogP) is 3.04. The first-order chi connectivity index (χ1) is 13.5. The van der Waals surface area contributed by atoms with E-state index in [1.165, 1.54) is 11.8 Å². The van der Waals surface area contributed by atoms with E-state index in [0.29, 0.717) is 22.3 Å². The minimum atomic E-state index is -0.582. The van der Waals surface area contributed by atoms with Crippen LogP contribution < -0.4 is 15.4 Å². The van der Waals surface area contributed by atoms with Crippen molar-refractivity contribution in [3.8, 4) is 5.75 Å². The standard InChI is InChI=1S/C20H20N4O3S/c1-13(14-6-4-3-5-7-14)23-24-20-22-18(25)12-17(28-20)19(26)21-15-8-10-16(27-2)11-9-15/h3-11,17H,12H2,1-2H3,(H,21,26)(H,22,24,25)/b23-13+/t17-/m0/s1. The van der Waals surface area contributed by atoms with Crippen molar-refractivity contribution in [3.05, 3.63) is 60.2 Å². The summed E-state index contributed by atoms with van der Waals surface area (Å²) in [6.07, 6.45) is 0.0764. The van der Waals surface area contributed by atoms with Gasteiger partial charge in [-0.3, -0.25) is 9.59 Å². The Morgan fingerprint density at radius 1 is 1.18 bits per heavy atom. The quantitative estimate of drug-likeness (QED) is 0.600. The van der Waals surface area contributed by atoms with Crippen molar-refractivity contribution in [2.75, 3.05) is 12.4 Å². The molecule has 0 radical (unpaired) electrons. The van der Waals surface area contributed by atoms with Crippen molar-refractivity contribution < 1.29 is 14.3 Å². The summed E-state index contributed by atoms with van der Waals surface area (Å²) in [7, 11) is 1.58. The van der Waals surface area contributed by atoms with Gasteiger partial charge in [-0.15, -0.1) is 5.10 Å². The zero-order valence-corrected chi connectivity index (χ0v) is 16.3. The van der Waals surface area contributed by atoms with Crippen LogP contribution >= 0.6 is 11.8 Å². The van der Waals surface area contributed by atoms with Gasteiger partial charge in [0.15, 0.2) is 5.17 Å². The Morgan fingerprint density at radius 3 is 2.57 bits per heavy atom. The van der Waals surface area contributed by atoms with Gasteiger partial charge < -0.3 is 15.4 Å². The van der Waals surface area contributed by atoms with Gasteiger partial charge in [-0.2, -0.15) is 5.10 Å². The van der Waals surface area contributed by atoms with Crippen LogP contribution in [0.15, 0.2) is 64.8 Å². The number of carbonyl (C=O) groups is 2. The molecule has 2 aromatic carbocycles.